The van der Waals surface area contributed by atoms with E-state index in [1.165, 1.54) is 7.11 Å². The van der Waals surface area contributed by atoms with E-state index < -0.39 is 23.8 Å². The van der Waals surface area contributed by atoms with Crippen molar-refractivity contribution in [1.82, 2.24) is 5.32 Å². The average molecular weight is 472 g/mol. The molecule has 8 nitrogen and oxygen atoms in total. The number of allylic oxidation sites excluding steroid dienone is 3. The van der Waals surface area contributed by atoms with E-state index in [-0.39, 0.29) is 18.3 Å². The summed E-state index contributed by atoms with van der Waals surface area (Å²) in [6, 6.07) is 5.37. The zero-order valence-electron chi connectivity index (χ0n) is 20.7. The second-order valence-electron chi connectivity index (χ2n) is 8.51. The van der Waals surface area contributed by atoms with Gasteiger partial charge in [0, 0.05) is 22.9 Å². The molecule has 1 N–H and O–H groups in total. The lowest BCUT2D eigenvalue weighted by atomic mass is 9.69. The van der Waals surface area contributed by atoms with Gasteiger partial charge >= 0.3 is 11.9 Å². The quantitative estimate of drug-likeness (QED) is 0.453. The molecule has 1 aromatic carbocycles. The highest BCUT2D eigenvalue weighted by Gasteiger charge is 2.47. The van der Waals surface area contributed by atoms with Crippen LogP contribution in [0.5, 0.6) is 11.5 Å². The summed E-state index contributed by atoms with van der Waals surface area (Å²) in [5.74, 6) is -2.29. The molecule has 8 heteroatoms. The highest BCUT2D eigenvalue weighted by atomic mass is 16.5. The summed E-state index contributed by atoms with van der Waals surface area (Å²) in [6.07, 6.45) is 1.31. The number of benzene rings is 1. The van der Waals surface area contributed by atoms with E-state index in [1.54, 1.807) is 33.1 Å². The Kier molecular flexibility index (Phi) is 8.02. The Morgan fingerprint density at radius 3 is 2.50 bits per heavy atom. The summed E-state index contributed by atoms with van der Waals surface area (Å²) in [7, 11) is 2.82. The first-order valence-electron chi connectivity index (χ1n) is 11.6. The number of hydrogen-bond acceptors (Lipinski definition) is 8. The number of rotatable bonds is 8. The number of carbonyl (C=O) groups is 3. The summed E-state index contributed by atoms with van der Waals surface area (Å²) in [5.41, 5.74) is 2.70. The second-order valence-corrected chi connectivity index (χ2v) is 8.51. The van der Waals surface area contributed by atoms with Crippen LogP contribution in [-0.2, 0) is 23.9 Å². The molecule has 0 saturated carbocycles. The molecule has 0 aromatic heterocycles. The van der Waals surface area contributed by atoms with Gasteiger partial charge in [0.2, 0.25) is 0 Å². The van der Waals surface area contributed by atoms with Crippen molar-refractivity contribution in [2.24, 2.45) is 11.8 Å². The lowest BCUT2D eigenvalue weighted by molar-refractivity contribution is -0.151. The van der Waals surface area contributed by atoms with Gasteiger partial charge in [-0.25, -0.2) is 4.79 Å². The first-order chi connectivity index (χ1) is 16.3. The van der Waals surface area contributed by atoms with Gasteiger partial charge in [0.15, 0.2) is 17.3 Å². The topological polar surface area (TPSA) is 100 Å². The Morgan fingerprint density at radius 1 is 1.15 bits per heavy atom. The van der Waals surface area contributed by atoms with Crippen LogP contribution in [0.15, 0.2) is 40.7 Å². The zero-order chi connectivity index (χ0) is 25.0. The molecule has 1 aromatic rings. The zero-order valence-corrected chi connectivity index (χ0v) is 20.7. The van der Waals surface area contributed by atoms with Gasteiger partial charge in [0.25, 0.3) is 0 Å². The standard InChI is InChI=1S/C26H33NO7/c1-7-11-34-18-10-9-16(13-19(18)31-5)22-21(26(30)33-8-2)15(4)27-17-12-14(3)20(25(29)32-6)24(28)23(17)22/h9-10,13-14,20,22,27H,7-8,11-12H2,1-6H3/t14-,20+,22-/m1/s1. The van der Waals surface area contributed by atoms with Gasteiger partial charge in [-0.05, 0) is 50.3 Å². The smallest absolute Gasteiger partial charge is 0.336 e. The van der Waals surface area contributed by atoms with Gasteiger partial charge in [-0.1, -0.05) is 19.9 Å². The monoisotopic (exact) mass is 471 g/mol. The van der Waals surface area contributed by atoms with Gasteiger partial charge in [0.05, 0.1) is 33.0 Å². The maximum absolute atomic E-state index is 13.7. The predicted octanol–water partition coefficient (Wildman–Crippen LogP) is 3.66. The van der Waals surface area contributed by atoms with E-state index in [1.807, 2.05) is 19.9 Å². The Hall–Kier alpha value is -3.29. The fraction of sp³-hybridized carbons (Fsp3) is 0.500. The van der Waals surface area contributed by atoms with E-state index in [0.717, 1.165) is 6.42 Å². The van der Waals surface area contributed by atoms with Crippen LogP contribution in [-0.4, -0.2) is 45.2 Å². The highest BCUT2D eigenvalue weighted by molar-refractivity contribution is 6.12. The number of esters is 2. The van der Waals surface area contributed by atoms with Gasteiger partial charge in [-0.2, -0.15) is 0 Å². The van der Waals surface area contributed by atoms with E-state index in [0.29, 0.717) is 52.6 Å². The third-order valence-electron chi connectivity index (χ3n) is 6.22. The Labute approximate surface area is 200 Å². The molecule has 0 radical (unpaired) electrons. The molecule has 2 aliphatic rings. The third kappa shape index (κ3) is 4.67. The van der Waals surface area contributed by atoms with Crippen LogP contribution >= 0.6 is 0 Å². The largest absolute Gasteiger partial charge is 0.493 e. The SMILES string of the molecule is CCCOc1ccc([C@@H]2C(C(=O)OCC)=C(C)NC3=C2C(=O)[C@@H](C(=O)OC)[C@H](C)C3)cc1OC. The fourth-order valence-electron chi connectivity index (χ4n) is 4.69. The maximum atomic E-state index is 13.7. The molecule has 0 fully saturated rings. The van der Waals surface area contributed by atoms with Crippen molar-refractivity contribution in [2.45, 2.75) is 46.5 Å². The van der Waals surface area contributed by atoms with E-state index in [9.17, 15) is 14.4 Å². The maximum Gasteiger partial charge on any atom is 0.336 e. The van der Waals surface area contributed by atoms with Gasteiger partial charge < -0.3 is 24.3 Å². The normalized spacial score (nSPS) is 22.1. The number of carbonyl (C=O) groups excluding carboxylic acids is 3. The highest BCUT2D eigenvalue weighted by Crippen LogP contribution is 2.46. The number of methoxy groups -OCH3 is 2. The van der Waals surface area contributed by atoms with Crippen LogP contribution < -0.4 is 14.8 Å². The number of Topliss-reactive ketones (excluding diaryl/α,β-unsaturated/α-hetero) is 1. The minimum atomic E-state index is -0.941. The number of ether oxygens (including phenoxy) is 4. The van der Waals surface area contributed by atoms with Crippen molar-refractivity contribution in [2.75, 3.05) is 27.4 Å². The minimum Gasteiger partial charge on any atom is -0.493 e. The third-order valence-corrected chi connectivity index (χ3v) is 6.22. The van der Waals surface area contributed by atoms with Crippen molar-refractivity contribution in [3.05, 3.63) is 46.3 Å². The molecular weight excluding hydrogens is 438 g/mol. The second kappa shape index (κ2) is 10.8. The fourth-order valence-corrected chi connectivity index (χ4v) is 4.69. The molecule has 0 saturated heterocycles. The number of hydrogen-bond donors (Lipinski definition) is 1. The van der Waals surface area contributed by atoms with Gasteiger partial charge in [-0.3, -0.25) is 9.59 Å². The molecular formula is C26H33NO7. The van der Waals surface area contributed by atoms with Crippen molar-refractivity contribution in [3.63, 3.8) is 0 Å². The summed E-state index contributed by atoms with van der Waals surface area (Å²) >= 11 is 0. The van der Waals surface area contributed by atoms with E-state index in [2.05, 4.69) is 5.32 Å². The summed E-state index contributed by atoms with van der Waals surface area (Å²) in [4.78, 5) is 39.3. The molecule has 1 aliphatic carbocycles. The molecule has 0 spiro atoms. The summed E-state index contributed by atoms with van der Waals surface area (Å²) in [6.45, 7) is 8.10. The number of ketones is 1. The van der Waals surface area contributed by atoms with Crippen LogP contribution in [0, 0.1) is 11.8 Å². The lowest BCUT2D eigenvalue weighted by Gasteiger charge is -2.38. The molecule has 1 aliphatic heterocycles. The molecule has 0 bridgehead atoms. The first-order valence-corrected chi connectivity index (χ1v) is 11.6. The predicted molar refractivity (Wildman–Crippen MR) is 125 cm³/mol. The summed E-state index contributed by atoms with van der Waals surface area (Å²) < 4.78 is 21.6. The van der Waals surface area contributed by atoms with Crippen LogP contribution in [0.2, 0.25) is 0 Å². The van der Waals surface area contributed by atoms with Crippen LogP contribution in [0.1, 0.15) is 52.0 Å². The lowest BCUT2D eigenvalue weighted by Crippen LogP contribution is -2.43. The Morgan fingerprint density at radius 2 is 1.88 bits per heavy atom. The van der Waals surface area contributed by atoms with Crippen LogP contribution in [0.3, 0.4) is 0 Å². The van der Waals surface area contributed by atoms with Gasteiger partial charge in [0.1, 0.15) is 5.92 Å². The molecule has 34 heavy (non-hydrogen) atoms. The van der Waals surface area contributed by atoms with Crippen molar-refractivity contribution >= 4 is 17.7 Å². The van der Waals surface area contributed by atoms with E-state index in [4.69, 9.17) is 18.9 Å². The van der Waals surface area contributed by atoms with Crippen LogP contribution in [0.25, 0.3) is 0 Å². The molecule has 3 atom stereocenters. The minimum absolute atomic E-state index is 0.192. The van der Waals surface area contributed by atoms with E-state index >= 15 is 0 Å². The number of dihydropyridines is 1. The molecule has 3 rings (SSSR count). The Balaban J connectivity index is 2.19. The number of nitrogens with one attached hydrogen (secondary N) is 1. The molecule has 1 heterocycles. The molecule has 184 valence electrons. The molecule has 0 amide bonds. The first kappa shape index (κ1) is 25.3. The van der Waals surface area contributed by atoms with Gasteiger partial charge in [-0.15, -0.1) is 0 Å². The van der Waals surface area contributed by atoms with Crippen molar-refractivity contribution in [1.29, 1.82) is 0 Å². The Bertz CT molecular complexity index is 1040. The van der Waals surface area contributed by atoms with Crippen molar-refractivity contribution < 1.29 is 33.3 Å². The van der Waals surface area contributed by atoms with Crippen molar-refractivity contribution in [3.8, 4) is 11.5 Å². The van der Waals surface area contributed by atoms with Crippen LogP contribution in [0.4, 0.5) is 0 Å². The molecule has 0 unspecified atom stereocenters. The summed E-state index contributed by atoms with van der Waals surface area (Å²) in [5, 5.41) is 3.24. The average Bonchev–Trinajstić information content (AvgIpc) is 2.81.